The molecule has 3 aromatic rings. The van der Waals surface area contributed by atoms with Gasteiger partial charge >= 0.3 is 0 Å². The van der Waals surface area contributed by atoms with Gasteiger partial charge in [-0.3, -0.25) is 4.79 Å². The third-order valence-corrected chi connectivity index (χ3v) is 6.36. The van der Waals surface area contributed by atoms with Gasteiger partial charge < -0.3 is 14.6 Å². The Balaban J connectivity index is 1.61. The van der Waals surface area contributed by atoms with Crippen LogP contribution in [0.4, 0.5) is 0 Å². The lowest BCUT2D eigenvalue weighted by molar-refractivity contribution is -0.118. The van der Waals surface area contributed by atoms with E-state index < -0.39 is 0 Å². The molecule has 6 nitrogen and oxygen atoms in total. The first-order valence-corrected chi connectivity index (χ1v) is 12.5. The number of benzene rings is 2. The molecule has 1 amide bonds. The number of rotatable bonds is 10. The average Bonchev–Trinajstić information content (AvgIpc) is 3.22. The Kier molecular flexibility index (Phi) is 8.80. The molecule has 0 aliphatic carbocycles. The number of ether oxygens (including phenoxy) is 1. The molecule has 176 valence electrons. The fourth-order valence-electron chi connectivity index (χ4n) is 3.32. The van der Waals surface area contributed by atoms with Gasteiger partial charge in [-0.25, -0.2) is 0 Å². The summed E-state index contributed by atoms with van der Waals surface area (Å²) in [5.41, 5.74) is 2.27. The quantitative estimate of drug-likeness (QED) is 0.346. The van der Waals surface area contributed by atoms with Crippen molar-refractivity contribution in [1.82, 2.24) is 20.1 Å². The molecule has 0 bridgehead atoms. The van der Waals surface area contributed by atoms with Gasteiger partial charge in [0.05, 0.1) is 5.75 Å². The van der Waals surface area contributed by atoms with E-state index >= 15 is 0 Å². The number of aromatic nitrogens is 3. The van der Waals surface area contributed by atoms with Crippen LogP contribution in [-0.4, -0.2) is 26.4 Å². The van der Waals surface area contributed by atoms with Gasteiger partial charge in [-0.1, -0.05) is 61.5 Å². The lowest BCUT2D eigenvalue weighted by Gasteiger charge is -2.19. The van der Waals surface area contributed by atoms with Gasteiger partial charge in [0.2, 0.25) is 5.91 Å². The van der Waals surface area contributed by atoms with E-state index in [1.54, 1.807) is 0 Å². The third-order valence-electron chi connectivity index (χ3n) is 5.17. The van der Waals surface area contributed by atoms with E-state index in [1.165, 1.54) is 17.3 Å². The summed E-state index contributed by atoms with van der Waals surface area (Å²) in [6.45, 7) is 10.9. The molecule has 1 N–H and O–H groups in total. The molecule has 3 rings (SSSR count). The molecule has 1 atom stereocenters. The monoisotopic (exact) mass is 486 g/mol. The molecular weight excluding hydrogens is 456 g/mol. The minimum absolute atomic E-state index is 0.0654. The Morgan fingerprint density at radius 3 is 2.30 bits per heavy atom. The van der Waals surface area contributed by atoms with Crippen molar-refractivity contribution in [3.8, 4) is 5.75 Å². The van der Waals surface area contributed by atoms with E-state index in [9.17, 15) is 4.79 Å². The second-order valence-electron chi connectivity index (χ2n) is 8.48. The number of halogens is 1. The number of nitrogens with one attached hydrogen (secondary N) is 1. The summed E-state index contributed by atoms with van der Waals surface area (Å²) in [5.74, 6) is 2.19. The van der Waals surface area contributed by atoms with Crippen LogP contribution >= 0.6 is 23.4 Å². The average molecular weight is 487 g/mol. The van der Waals surface area contributed by atoms with Gasteiger partial charge in [0, 0.05) is 17.6 Å². The molecule has 33 heavy (non-hydrogen) atoms. The Morgan fingerprint density at radius 2 is 1.70 bits per heavy atom. The van der Waals surface area contributed by atoms with Gasteiger partial charge in [-0.15, -0.1) is 10.2 Å². The molecule has 1 aromatic heterocycles. The molecule has 0 radical (unpaired) electrons. The molecular formula is C25H31ClN4O2S. The molecule has 0 aliphatic heterocycles. The Bertz CT molecular complexity index is 1050. The molecule has 0 saturated carbocycles. The topological polar surface area (TPSA) is 69.0 Å². The fraction of sp³-hybridized carbons (Fsp3) is 0.400. The highest BCUT2D eigenvalue weighted by molar-refractivity contribution is 7.99. The van der Waals surface area contributed by atoms with Gasteiger partial charge in [0.15, 0.2) is 17.1 Å². The highest BCUT2D eigenvalue weighted by Gasteiger charge is 2.22. The largest absolute Gasteiger partial charge is 0.483 e. The van der Waals surface area contributed by atoms with Crippen molar-refractivity contribution in [2.24, 2.45) is 0 Å². The standard InChI is InChI=1S/C25H31ClN4O2S/c1-16(2)20-8-12-22(13-9-20)32-18(5)24-28-29-25(30(24)17(3)4)33-15-23(31)27-14-19-6-10-21(26)11-7-19/h6-13,16-18H,14-15H2,1-5H3,(H,27,31). The zero-order valence-electron chi connectivity index (χ0n) is 19.7. The first-order chi connectivity index (χ1) is 15.7. The van der Waals surface area contributed by atoms with Crippen LogP contribution in [0.5, 0.6) is 5.75 Å². The second kappa shape index (κ2) is 11.6. The molecule has 0 fully saturated rings. The number of hydrogen-bond acceptors (Lipinski definition) is 5. The van der Waals surface area contributed by atoms with Crippen molar-refractivity contribution in [2.45, 2.75) is 64.4 Å². The Labute approximate surface area is 205 Å². The summed E-state index contributed by atoms with van der Waals surface area (Å²) in [5, 5.41) is 13.0. The number of amides is 1. The van der Waals surface area contributed by atoms with Crippen molar-refractivity contribution in [3.63, 3.8) is 0 Å². The molecule has 8 heteroatoms. The highest BCUT2D eigenvalue weighted by Crippen LogP contribution is 2.28. The number of nitrogens with zero attached hydrogens (tertiary/aromatic N) is 3. The number of thioether (sulfide) groups is 1. The van der Waals surface area contributed by atoms with E-state index in [1.807, 2.05) is 47.9 Å². The van der Waals surface area contributed by atoms with Crippen LogP contribution in [0.1, 0.15) is 69.6 Å². The van der Waals surface area contributed by atoms with Crippen LogP contribution in [0, 0.1) is 0 Å². The first-order valence-electron chi connectivity index (χ1n) is 11.1. The maximum absolute atomic E-state index is 12.4. The molecule has 0 saturated heterocycles. The van der Waals surface area contributed by atoms with Gasteiger partial charge in [0.25, 0.3) is 0 Å². The van der Waals surface area contributed by atoms with Gasteiger partial charge in [-0.2, -0.15) is 0 Å². The zero-order chi connectivity index (χ0) is 24.0. The Morgan fingerprint density at radius 1 is 1.03 bits per heavy atom. The van der Waals surface area contributed by atoms with Crippen molar-refractivity contribution < 1.29 is 9.53 Å². The van der Waals surface area contributed by atoms with Crippen molar-refractivity contribution in [1.29, 1.82) is 0 Å². The maximum Gasteiger partial charge on any atom is 0.230 e. The fourth-order valence-corrected chi connectivity index (χ4v) is 4.35. The highest BCUT2D eigenvalue weighted by atomic mass is 35.5. The summed E-state index contributed by atoms with van der Waals surface area (Å²) in [6, 6.07) is 15.7. The summed E-state index contributed by atoms with van der Waals surface area (Å²) >= 11 is 7.28. The minimum Gasteiger partial charge on any atom is -0.483 e. The lowest BCUT2D eigenvalue weighted by atomic mass is 10.0. The molecule has 2 aromatic carbocycles. The van der Waals surface area contributed by atoms with Crippen molar-refractivity contribution in [3.05, 3.63) is 70.5 Å². The molecule has 1 unspecified atom stereocenters. The lowest BCUT2D eigenvalue weighted by Crippen LogP contribution is -2.24. The van der Waals surface area contributed by atoms with Gasteiger partial charge in [0.1, 0.15) is 5.75 Å². The van der Waals surface area contributed by atoms with E-state index in [4.69, 9.17) is 16.3 Å². The normalized spacial score (nSPS) is 12.2. The van der Waals surface area contributed by atoms with Gasteiger partial charge in [-0.05, 0) is 62.1 Å². The van der Waals surface area contributed by atoms with Crippen molar-refractivity contribution >= 4 is 29.3 Å². The molecule has 0 spiro atoms. The Hall–Kier alpha value is -2.51. The number of hydrogen-bond donors (Lipinski definition) is 1. The molecule has 1 heterocycles. The van der Waals surface area contributed by atoms with Crippen LogP contribution < -0.4 is 10.1 Å². The number of carbonyl (C=O) groups is 1. The van der Waals surface area contributed by atoms with E-state index in [-0.39, 0.29) is 23.8 Å². The summed E-state index contributed by atoms with van der Waals surface area (Å²) in [6.07, 6.45) is -0.280. The minimum atomic E-state index is -0.280. The van der Waals surface area contributed by atoms with E-state index in [2.05, 4.69) is 55.3 Å². The van der Waals surface area contributed by atoms with E-state index in [0.717, 1.165) is 17.1 Å². The van der Waals surface area contributed by atoms with Crippen LogP contribution in [0.25, 0.3) is 0 Å². The maximum atomic E-state index is 12.4. The van der Waals surface area contributed by atoms with Crippen LogP contribution in [0.3, 0.4) is 0 Å². The second-order valence-corrected chi connectivity index (χ2v) is 9.86. The van der Waals surface area contributed by atoms with E-state index in [0.29, 0.717) is 22.6 Å². The third kappa shape index (κ3) is 6.98. The SMILES string of the molecule is CC(C)c1ccc(OC(C)c2nnc(SCC(=O)NCc3ccc(Cl)cc3)n2C(C)C)cc1. The predicted octanol–water partition coefficient (Wildman–Crippen LogP) is 6.18. The van der Waals surface area contributed by atoms with Crippen molar-refractivity contribution in [2.75, 3.05) is 5.75 Å². The van der Waals surface area contributed by atoms with Crippen LogP contribution in [0.15, 0.2) is 53.7 Å². The number of carbonyl (C=O) groups excluding carboxylic acids is 1. The summed E-state index contributed by atoms with van der Waals surface area (Å²) in [7, 11) is 0. The summed E-state index contributed by atoms with van der Waals surface area (Å²) < 4.78 is 8.17. The predicted molar refractivity (Wildman–Crippen MR) is 134 cm³/mol. The van der Waals surface area contributed by atoms with Crippen LogP contribution in [-0.2, 0) is 11.3 Å². The smallest absolute Gasteiger partial charge is 0.230 e. The first kappa shape index (κ1) is 25.1. The van der Waals surface area contributed by atoms with Crippen LogP contribution in [0.2, 0.25) is 5.02 Å². The zero-order valence-corrected chi connectivity index (χ0v) is 21.3. The molecule has 0 aliphatic rings. The summed E-state index contributed by atoms with van der Waals surface area (Å²) in [4.78, 5) is 12.4.